The second-order valence-electron chi connectivity index (χ2n) is 15.6. The van der Waals surface area contributed by atoms with Gasteiger partial charge in [-0.2, -0.15) is 0 Å². The van der Waals surface area contributed by atoms with E-state index in [4.69, 9.17) is 13.8 Å². The third-order valence-corrected chi connectivity index (χ3v) is 10.6. The zero-order valence-electron chi connectivity index (χ0n) is 38.8. The van der Waals surface area contributed by atoms with Crippen LogP contribution in [0.4, 0.5) is 0 Å². The number of phosphoric acid groups is 1. The van der Waals surface area contributed by atoms with Crippen LogP contribution in [0.5, 0.6) is 0 Å². The highest BCUT2D eigenvalue weighted by molar-refractivity contribution is 7.47. The van der Waals surface area contributed by atoms with Gasteiger partial charge in [-0.15, -0.1) is 0 Å². The summed E-state index contributed by atoms with van der Waals surface area (Å²) >= 11 is 0. The Bertz CT molecular complexity index is 1430. The van der Waals surface area contributed by atoms with Crippen molar-refractivity contribution >= 4 is 25.7 Å². The summed E-state index contributed by atoms with van der Waals surface area (Å²) < 4.78 is 26.9. The van der Waals surface area contributed by atoms with Crippen LogP contribution in [0.15, 0.2) is 97.2 Å². The maximum Gasteiger partial charge on any atom is 0.472 e. The number of unbranched alkanes of at least 4 members (excludes halogenated alkanes) is 13. The highest BCUT2D eigenvalue weighted by Gasteiger charge is 2.28. The molecule has 0 aliphatic heterocycles. The first kappa shape index (κ1) is 59.4. The topological polar surface area (TPSA) is 169 Å². The Kier molecular flexibility index (Phi) is 42.4. The molecule has 0 rings (SSSR count). The van der Waals surface area contributed by atoms with Crippen LogP contribution < -0.4 is 5.32 Å². The van der Waals surface area contributed by atoms with Crippen molar-refractivity contribution in [3.63, 3.8) is 0 Å². The van der Waals surface area contributed by atoms with E-state index in [1.807, 2.05) is 6.08 Å². The lowest BCUT2D eigenvalue weighted by atomic mass is 10.1. The monoisotopic (exact) mass is 902 g/mol. The fraction of sp³-hybridized carbons (Fsp3) is 0.627. The number of carboxylic acid groups (broad SMARTS) is 1. The number of aliphatic hydroxyl groups excluding tert-OH is 1. The van der Waals surface area contributed by atoms with E-state index in [2.05, 4.69) is 110 Å². The summed E-state index contributed by atoms with van der Waals surface area (Å²) in [6.07, 6.45) is 57.1. The largest absolute Gasteiger partial charge is 0.480 e. The van der Waals surface area contributed by atoms with Gasteiger partial charge in [0.2, 0.25) is 5.91 Å². The molecule has 0 aromatic heterocycles. The van der Waals surface area contributed by atoms with Crippen molar-refractivity contribution in [2.45, 2.75) is 187 Å². The van der Waals surface area contributed by atoms with Crippen LogP contribution in [0.3, 0.4) is 0 Å². The molecule has 358 valence electrons. The molecule has 0 saturated carbocycles. The fourth-order valence-corrected chi connectivity index (χ4v) is 6.71. The van der Waals surface area contributed by atoms with Gasteiger partial charge in [0.25, 0.3) is 0 Å². The number of ether oxygens (including phenoxy) is 1. The molecule has 0 aliphatic carbocycles. The minimum Gasteiger partial charge on any atom is -0.480 e. The van der Waals surface area contributed by atoms with Crippen molar-refractivity contribution in [3.05, 3.63) is 97.2 Å². The van der Waals surface area contributed by atoms with Gasteiger partial charge in [-0.3, -0.25) is 18.6 Å². The number of carboxylic acids is 1. The molecule has 0 aromatic rings. The van der Waals surface area contributed by atoms with Crippen LogP contribution in [-0.2, 0) is 32.7 Å². The van der Waals surface area contributed by atoms with Crippen LogP contribution in [0.25, 0.3) is 0 Å². The lowest BCUT2D eigenvalue weighted by molar-refractivity contribution is -0.147. The zero-order chi connectivity index (χ0) is 46.3. The predicted molar refractivity (Wildman–Crippen MR) is 258 cm³/mol. The van der Waals surface area contributed by atoms with Gasteiger partial charge >= 0.3 is 19.8 Å². The Labute approximate surface area is 381 Å². The number of allylic oxidation sites excluding steroid dienone is 16. The molecule has 4 N–H and O–H groups in total. The van der Waals surface area contributed by atoms with Crippen molar-refractivity contribution in [1.29, 1.82) is 0 Å². The van der Waals surface area contributed by atoms with Gasteiger partial charge in [-0.1, -0.05) is 162 Å². The summed E-state index contributed by atoms with van der Waals surface area (Å²) in [5, 5.41) is 21.8. The number of carbonyl (C=O) groups excluding carboxylic acids is 2. The summed E-state index contributed by atoms with van der Waals surface area (Å²) in [4.78, 5) is 46.0. The van der Waals surface area contributed by atoms with E-state index >= 15 is 0 Å². The number of rotatable bonds is 43. The molecule has 0 spiro atoms. The molecule has 0 fully saturated rings. The van der Waals surface area contributed by atoms with E-state index in [0.717, 1.165) is 83.5 Å². The summed E-state index contributed by atoms with van der Waals surface area (Å²) in [7, 11) is -4.78. The summed E-state index contributed by atoms with van der Waals surface area (Å²) in [6.45, 7) is 2.42. The SMILES string of the molecule is CC/C=C\C/C=C\C/C=C\C/C=C\C/C=C\C/C=C\CCCCC(=O)NC(COP(=O)(O)OCC(O)COC(=O)CCCCCCCCC/C=C\C/C=C\CCCCCC)C(=O)O. The number of hydrogen-bond donors (Lipinski definition) is 4. The molecule has 1 amide bonds. The molecule has 0 saturated heterocycles. The third-order valence-electron chi connectivity index (χ3n) is 9.61. The van der Waals surface area contributed by atoms with Gasteiger partial charge in [-0.25, -0.2) is 9.36 Å². The van der Waals surface area contributed by atoms with Crippen LogP contribution in [0.2, 0.25) is 0 Å². The number of amides is 1. The highest BCUT2D eigenvalue weighted by atomic mass is 31.2. The van der Waals surface area contributed by atoms with Crippen molar-refractivity contribution in [3.8, 4) is 0 Å². The van der Waals surface area contributed by atoms with Gasteiger partial charge in [0.15, 0.2) is 6.04 Å². The maximum absolute atomic E-state index is 12.3. The fourth-order valence-electron chi connectivity index (χ4n) is 5.94. The average Bonchev–Trinajstić information content (AvgIpc) is 3.26. The minimum atomic E-state index is -4.78. The standard InChI is InChI=1S/C51H84NO10P/c1-3-5-7-9-11-13-15-17-19-21-23-24-25-26-28-30-32-34-36-38-40-42-49(54)52-48(51(56)57)46-62-63(58,59)61-45-47(53)44-60-50(55)43-41-39-37-35-33-31-29-27-22-20-18-16-14-12-10-8-6-4-2/h5,7,11,13-14,16-17,19-20,22-24,26,28,32,34,47-48,53H,3-4,6,8-10,12,15,18,21,25,27,29-31,33,35-46H2,1-2H3,(H,52,54)(H,56,57)(H,58,59)/b7-5-,13-11-,16-14-,19-17-,22-20-,24-23-,28-26-,34-32-. The molecule has 0 aliphatic rings. The van der Waals surface area contributed by atoms with Crippen LogP contribution >= 0.6 is 7.82 Å². The van der Waals surface area contributed by atoms with Gasteiger partial charge in [-0.05, 0) is 96.3 Å². The smallest absolute Gasteiger partial charge is 0.472 e. The number of phosphoric ester groups is 1. The maximum atomic E-state index is 12.3. The predicted octanol–water partition coefficient (Wildman–Crippen LogP) is 12.8. The first-order valence-corrected chi connectivity index (χ1v) is 25.3. The van der Waals surface area contributed by atoms with Gasteiger partial charge in [0.1, 0.15) is 12.7 Å². The molecular weight excluding hydrogens is 818 g/mol. The van der Waals surface area contributed by atoms with Crippen LogP contribution in [-0.4, -0.2) is 64.9 Å². The Morgan fingerprint density at radius 2 is 0.921 bits per heavy atom. The van der Waals surface area contributed by atoms with Gasteiger partial charge in [0, 0.05) is 12.8 Å². The quantitative estimate of drug-likeness (QED) is 0.0200. The molecule has 63 heavy (non-hydrogen) atoms. The van der Waals surface area contributed by atoms with E-state index in [0.29, 0.717) is 12.8 Å². The van der Waals surface area contributed by atoms with E-state index in [9.17, 15) is 34.1 Å². The molecule has 12 heteroatoms. The van der Waals surface area contributed by atoms with Crippen molar-refractivity contribution < 1.29 is 47.8 Å². The Morgan fingerprint density at radius 3 is 1.40 bits per heavy atom. The van der Waals surface area contributed by atoms with Crippen molar-refractivity contribution in [2.75, 3.05) is 19.8 Å². The second-order valence-corrected chi connectivity index (χ2v) is 17.0. The summed E-state index contributed by atoms with van der Waals surface area (Å²) in [5.74, 6) is -2.45. The Hall–Kier alpha value is -3.60. The minimum absolute atomic E-state index is 0.0842. The summed E-state index contributed by atoms with van der Waals surface area (Å²) in [5.41, 5.74) is 0. The van der Waals surface area contributed by atoms with E-state index in [1.54, 1.807) is 0 Å². The van der Waals surface area contributed by atoms with E-state index in [1.165, 1.54) is 51.4 Å². The van der Waals surface area contributed by atoms with Crippen molar-refractivity contribution in [2.24, 2.45) is 0 Å². The molecule has 3 unspecified atom stereocenters. The molecule has 0 aromatic carbocycles. The van der Waals surface area contributed by atoms with Gasteiger partial charge < -0.3 is 25.2 Å². The number of nitrogens with one attached hydrogen (secondary N) is 1. The van der Waals surface area contributed by atoms with Crippen LogP contribution in [0, 0.1) is 0 Å². The van der Waals surface area contributed by atoms with Crippen molar-refractivity contribution in [1.82, 2.24) is 5.32 Å². The number of carbonyl (C=O) groups is 3. The molecule has 0 bridgehead atoms. The second kappa shape index (κ2) is 45.0. The number of esters is 1. The molecular formula is C51H84NO10P. The summed E-state index contributed by atoms with van der Waals surface area (Å²) in [6, 6.07) is -1.58. The number of aliphatic carboxylic acids is 1. The first-order chi connectivity index (χ1) is 30.6. The Morgan fingerprint density at radius 1 is 0.524 bits per heavy atom. The lowest BCUT2D eigenvalue weighted by Crippen LogP contribution is -2.43. The van der Waals surface area contributed by atoms with Crippen LogP contribution in [0.1, 0.15) is 174 Å². The molecule has 0 radical (unpaired) electrons. The number of hydrogen-bond acceptors (Lipinski definition) is 8. The highest BCUT2D eigenvalue weighted by Crippen LogP contribution is 2.43. The third kappa shape index (κ3) is 44.8. The Balaban J connectivity index is 3.98. The first-order valence-electron chi connectivity index (χ1n) is 23.8. The average molecular weight is 902 g/mol. The zero-order valence-corrected chi connectivity index (χ0v) is 39.7. The lowest BCUT2D eigenvalue weighted by Gasteiger charge is -2.18. The number of aliphatic hydroxyl groups is 1. The normalized spacial score (nSPS) is 14.5. The van der Waals surface area contributed by atoms with Gasteiger partial charge in [0.05, 0.1) is 13.2 Å². The molecule has 0 heterocycles. The van der Waals surface area contributed by atoms with E-state index in [-0.39, 0.29) is 12.8 Å². The molecule has 11 nitrogen and oxygen atoms in total. The van der Waals surface area contributed by atoms with E-state index < -0.39 is 57.6 Å². The molecule has 3 atom stereocenters.